The first-order chi connectivity index (χ1) is 19.6. The average molecular weight is 547 g/mol. The molecule has 3 rings (SSSR count). The topological polar surface area (TPSA) is 65.2 Å². The summed E-state index contributed by atoms with van der Waals surface area (Å²) in [4.78, 5) is 9.85. The second-order valence-corrected chi connectivity index (χ2v) is 11.8. The number of aromatic hydroxyl groups is 2. The first-order valence-corrected chi connectivity index (χ1v) is 16.3. The van der Waals surface area contributed by atoms with Gasteiger partial charge in [0.2, 0.25) is 0 Å². The van der Waals surface area contributed by atoms with Gasteiger partial charge in [0.15, 0.2) is 0 Å². The lowest BCUT2D eigenvalue weighted by Crippen LogP contribution is -2.27. The molecule has 2 aromatic carbocycles. The van der Waals surface area contributed by atoms with Gasteiger partial charge in [0.1, 0.15) is 11.5 Å². The number of aliphatic imine (C=N–C) groups is 2. The van der Waals surface area contributed by atoms with Gasteiger partial charge in [0, 0.05) is 23.6 Å². The fourth-order valence-corrected chi connectivity index (χ4v) is 5.74. The monoisotopic (exact) mass is 546 g/mol. The summed E-state index contributed by atoms with van der Waals surface area (Å²) in [6.07, 6.45) is 25.6. The molecule has 0 unspecified atom stereocenters. The maximum Gasteiger partial charge on any atom is 0.124 e. The van der Waals surface area contributed by atoms with Crippen molar-refractivity contribution in [3.8, 4) is 11.5 Å². The van der Waals surface area contributed by atoms with Gasteiger partial charge in [-0.3, -0.25) is 9.98 Å². The van der Waals surface area contributed by atoms with Gasteiger partial charge < -0.3 is 10.2 Å². The van der Waals surface area contributed by atoms with E-state index < -0.39 is 0 Å². The third kappa shape index (κ3) is 11.5. The maximum atomic E-state index is 10.5. The number of hydrogen-bond donors (Lipinski definition) is 2. The second kappa shape index (κ2) is 18.7. The van der Waals surface area contributed by atoms with E-state index in [1.165, 1.54) is 88.2 Å². The van der Waals surface area contributed by atoms with Crippen LogP contribution >= 0.6 is 0 Å². The van der Waals surface area contributed by atoms with E-state index >= 15 is 0 Å². The van der Waals surface area contributed by atoms with Crippen LogP contribution in [0.4, 0.5) is 0 Å². The Morgan fingerprint density at radius 3 is 1.45 bits per heavy atom. The number of nitrogens with zero attached hydrogens (tertiary/aromatic N) is 2. The molecule has 1 saturated carbocycles. The van der Waals surface area contributed by atoms with Crippen LogP contribution in [0.1, 0.15) is 139 Å². The van der Waals surface area contributed by atoms with Crippen molar-refractivity contribution in [2.75, 3.05) is 0 Å². The molecule has 220 valence electrons. The molecule has 0 saturated heterocycles. The van der Waals surface area contributed by atoms with Crippen molar-refractivity contribution in [2.24, 2.45) is 9.98 Å². The average Bonchev–Trinajstić information content (AvgIpc) is 2.97. The van der Waals surface area contributed by atoms with Crippen LogP contribution in [0.5, 0.6) is 11.5 Å². The number of rotatable bonds is 18. The summed E-state index contributed by atoms with van der Waals surface area (Å²) < 4.78 is 0. The lowest BCUT2D eigenvalue weighted by Gasteiger charge is -2.25. The van der Waals surface area contributed by atoms with Crippen molar-refractivity contribution < 1.29 is 10.2 Å². The van der Waals surface area contributed by atoms with Crippen LogP contribution in [-0.2, 0) is 12.8 Å². The van der Waals surface area contributed by atoms with Crippen LogP contribution in [-0.4, -0.2) is 34.7 Å². The molecule has 0 heterocycles. The number of hydrogen-bond acceptors (Lipinski definition) is 4. The quantitative estimate of drug-likeness (QED) is 0.144. The SMILES string of the molecule is CCCCCCCCCCc1ccc(O)c(C=N[C@H]2CCCC[C@@H]2N=Cc2cc(CCCCCC)ccc2O)c1. The summed E-state index contributed by atoms with van der Waals surface area (Å²) >= 11 is 0. The van der Waals surface area contributed by atoms with Gasteiger partial charge in [-0.1, -0.05) is 103 Å². The minimum Gasteiger partial charge on any atom is -0.507 e. The molecule has 2 aromatic rings. The Morgan fingerprint density at radius 1 is 0.600 bits per heavy atom. The lowest BCUT2D eigenvalue weighted by molar-refractivity contribution is 0.390. The van der Waals surface area contributed by atoms with Crippen molar-refractivity contribution >= 4 is 12.4 Å². The molecule has 0 radical (unpaired) electrons. The molecule has 0 aliphatic heterocycles. The highest BCUT2D eigenvalue weighted by Crippen LogP contribution is 2.26. The Balaban J connectivity index is 1.56. The molecule has 1 aliphatic rings. The normalized spacial score (nSPS) is 17.8. The summed E-state index contributed by atoms with van der Waals surface area (Å²) in [5.41, 5.74) is 4.13. The minimum atomic E-state index is 0.0973. The Labute approximate surface area is 244 Å². The van der Waals surface area contributed by atoms with E-state index in [1.807, 2.05) is 30.6 Å². The van der Waals surface area contributed by atoms with Gasteiger partial charge >= 0.3 is 0 Å². The highest BCUT2D eigenvalue weighted by Gasteiger charge is 2.23. The molecule has 4 nitrogen and oxygen atoms in total. The summed E-state index contributed by atoms with van der Waals surface area (Å²) in [5, 5.41) is 20.9. The fraction of sp³-hybridized carbons (Fsp3) is 0.611. The van der Waals surface area contributed by atoms with E-state index in [9.17, 15) is 10.2 Å². The summed E-state index contributed by atoms with van der Waals surface area (Å²) in [6.45, 7) is 4.50. The number of benzene rings is 2. The van der Waals surface area contributed by atoms with E-state index in [2.05, 4.69) is 26.0 Å². The standard InChI is InChI=1S/C36H54N2O2/c1-3-5-7-9-10-11-12-14-18-30-22-24-36(40)32(26-30)28-38-34-20-16-15-19-33(34)37-27-31-25-29(21-23-35(31)39)17-13-8-6-4-2/h21-28,33-34,39-40H,3-20H2,1-2H3/t33-,34-/m0/s1. The lowest BCUT2D eigenvalue weighted by atomic mass is 9.91. The first-order valence-electron chi connectivity index (χ1n) is 16.3. The van der Waals surface area contributed by atoms with Crippen LogP contribution in [0.25, 0.3) is 0 Å². The molecular weight excluding hydrogens is 492 g/mol. The minimum absolute atomic E-state index is 0.0973. The third-order valence-electron chi connectivity index (χ3n) is 8.33. The Morgan fingerprint density at radius 2 is 1.00 bits per heavy atom. The molecule has 1 fully saturated rings. The molecule has 0 bridgehead atoms. The van der Waals surface area contributed by atoms with Crippen molar-refractivity contribution in [3.63, 3.8) is 0 Å². The first kappa shape index (κ1) is 31.9. The molecule has 2 N–H and O–H groups in total. The molecule has 2 atom stereocenters. The van der Waals surface area contributed by atoms with Gasteiger partial charge in [-0.25, -0.2) is 0 Å². The van der Waals surface area contributed by atoms with E-state index in [1.54, 1.807) is 6.07 Å². The summed E-state index contributed by atoms with van der Waals surface area (Å²) in [5.74, 6) is 0.579. The van der Waals surface area contributed by atoms with E-state index in [4.69, 9.17) is 9.98 Å². The number of aryl methyl sites for hydroxylation is 2. The number of unbranched alkanes of at least 4 members (excludes halogenated alkanes) is 10. The van der Waals surface area contributed by atoms with E-state index in [-0.39, 0.29) is 17.8 Å². The maximum absolute atomic E-state index is 10.5. The predicted molar refractivity (Wildman–Crippen MR) is 172 cm³/mol. The second-order valence-electron chi connectivity index (χ2n) is 11.8. The van der Waals surface area contributed by atoms with Crippen LogP contribution < -0.4 is 0 Å². The summed E-state index contributed by atoms with van der Waals surface area (Å²) in [7, 11) is 0. The fourth-order valence-electron chi connectivity index (χ4n) is 5.74. The van der Waals surface area contributed by atoms with Gasteiger partial charge in [-0.15, -0.1) is 0 Å². The van der Waals surface area contributed by atoms with Gasteiger partial charge in [-0.05, 0) is 73.9 Å². The number of phenolic OH excluding ortho intramolecular Hbond substituents is 2. The van der Waals surface area contributed by atoms with Crippen LogP contribution in [0, 0.1) is 0 Å². The van der Waals surface area contributed by atoms with Crippen molar-refractivity contribution in [1.29, 1.82) is 0 Å². The molecule has 1 aliphatic carbocycles. The Bertz CT molecular complexity index is 1050. The Hall–Kier alpha value is -2.62. The molecule has 0 spiro atoms. The van der Waals surface area contributed by atoms with Gasteiger partial charge in [-0.2, -0.15) is 0 Å². The van der Waals surface area contributed by atoms with Crippen LogP contribution in [0.15, 0.2) is 46.4 Å². The van der Waals surface area contributed by atoms with Crippen molar-refractivity contribution in [1.82, 2.24) is 0 Å². The molecular formula is C36H54N2O2. The highest BCUT2D eigenvalue weighted by molar-refractivity contribution is 5.84. The van der Waals surface area contributed by atoms with Crippen molar-refractivity contribution in [3.05, 3.63) is 58.7 Å². The van der Waals surface area contributed by atoms with Gasteiger partial charge in [0.05, 0.1) is 12.1 Å². The predicted octanol–water partition coefficient (Wildman–Crippen LogP) is 9.75. The molecule has 0 amide bonds. The number of phenols is 2. The molecule has 0 aromatic heterocycles. The summed E-state index contributed by atoms with van der Waals surface area (Å²) in [6, 6.07) is 12.1. The largest absolute Gasteiger partial charge is 0.507 e. The van der Waals surface area contributed by atoms with Crippen LogP contribution in [0.3, 0.4) is 0 Å². The van der Waals surface area contributed by atoms with E-state index in [0.717, 1.165) is 49.7 Å². The van der Waals surface area contributed by atoms with E-state index in [0.29, 0.717) is 5.75 Å². The molecule has 4 heteroatoms. The Kier molecular flexibility index (Phi) is 14.9. The van der Waals surface area contributed by atoms with Crippen molar-refractivity contribution in [2.45, 2.75) is 142 Å². The van der Waals surface area contributed by atoms with Gasteiger partial charge in [0.25, 0.3) is 0 Å². The smallest absolute Gasteiger partial charge is 0.124 e. The zero-order valence-electron chi connectivity index (χ0n) is 25.3. The highest BCUT2D eigenvalue weighted by atomic mass is 16.3. The third-order valence-corrected chi connectivity index (χ3v) is 8.33. The molecule has 40 heavy (non-hydrogen) atoms. The zero-order valence-corrected chi connectivity index (χ0v) is 25.3. The van der Waals surface area contributed by atoms with Crippen LogP contribution in [0.2, 0.25) is 0 Å². The zero-order chi connectivity index (χ0) is 28.4.